The van der Waals surface area contributed by atoms with Crippen molar-refractivity contribution in [3.63, 3.8) is 0 Å². The summed E-state index contributed by atoms with van der Waals surface area (Å²) in [6, 6.07) is 21.9. The third kappa shape index (κ3) is 5.37. The van der Waals surface area contributed by atoms with Gasteiger partial charge in [0.15, 0.2) is 0 Å². The highest BCUT2D eigenvalue weighted by atomic mass is 79.9. The van der Waals surface area contributed by atoms with Gasteiger partial charge < -0.3 is 4.74 Å². The van der Waals surface area contributed by atoms with Gasteiger partial charge in [-0.05, 0) is 54.2 Å². The lowest BCUT2D eigenvalue weighted by atomic mass is 10.0. The summed E-state index contributed by atoms with van der Waals surface area (Å²) in [5.41, 5.74) is 5.08. The maximum Gasteiger partial charge on any atom is 0.128 e. The summed E-state index contributed by atoms with van der Waals surface area (Å²) < 4.78 is 22.0. The summed E-state index contributed by atoms with van der Waals surface area (Å²) in [6.07, 6.45) is 2.40. The van der Waals surface area contributed by atoms with Crippen molar-refractivity contribution < 1.29 is 9.13 Å². The van der Waals surface area contributed by atoms with Crippen molar-refractivity contribution in [1.29, 1.82) is 0 Å². The number of rotatable bonds is 7. The average Bonchev–Trinajstić information content (AvgIpc) is 3.25. The van der Waals surface area contributed by atoms with Crippen LogP contribution in [0, 0.1) is 12.7 Å². The van der Waals surface area contributed by atoms with Gasteiger partial charge in [0, 0.05) is 36.3 Å². The summed E-state index contributed by atoms with van der Waals surface area (Å²) in [7, 11) is 0. The van der Waals surface area contributed by atoms with Gasteiger partial charge in [-0.1, -0.05) is 70.5 Å². The molecule has 1 heterocycles. The van der Waals surface area contributed by atoms with Crippen LogP contribution >= 0.6 is 15.9 Å². The zero-order valence-electron chi connectivity index (χ0n) is 17.3. The predicted octanol–water partition coefficient (Wildman–Crippen LogP) is 6.74. The minimum atomic E-state index is -0.156. The summed E-state index contributed by atoms with van der Waals surface area (Å²) in [6.45, 7) is 5.02. The van der Waals surface area contributed by atoms with Gasteiger partial charge in [0.2, 0.25) is 0 Å². The minimum absolute atomic E-state index is 0.156. The van der Waals surface area contributed by atoms with Crippen molar-refractivity contribution in [2.24, 2.45) is 0 Å². The summed E-state index contributed by atoms with van der Waals surface area (Å²) in [5.74, 6) is -0.156. The quantitative estimate of drug-likeness (QED) is 0.381. The van der Waals surface area contributed by atoms with Crippen molar-refractivity contribution in [2.75, 3.05) is 13.2 Å². The third-order valence-electron chi connectivity index (χ3n) is 5.64. The molecular formula is C26H27BrFNO. The first-order valence-corrected chi connectivity index (χ1v) is 11.3. The topological polar surface area (TPSA) is 12.5 Å². The number of hydrogen-bond acceptors (Lipinski definition) is 2. The van der Waals surface area contributed by atoms with E-state index in [0.29, 0.717) is 6.54 Å². The molecule has 1 fully saturated rings. The maximum atomic E-state index is 15.0. The second-order valence-electron chi connectivity index (χ2n) is 8.07. The largest absolute Gasteiger partial charge is 0.377 e. The molecule has 0 N–H and O–H groups in total. The third-order valence-corrected chi connectivity index (χ3v) is 6.38. The zero-order chi connectivity index (χ0) is 20.9. The SMILES string of the molecule is Cc1ccc(CN(Cc2ccc(-c3ccccc3)cc2F)CC2CCCO2)c(Br)c1. The van der Waals surface area contributed by atoms with E-state index in [-0.39, 0.29) is 11.9 Å². The number of hydrogen-bond donors (Lipinski definition) is 0. The number of halogens is 2. The molecule has 0 radical (unpaired) electrons. The second kappa shape index (κ2) is 9.86. The fourth-order valence-corrected chi connectivity index (χ4v) is 4.63. The van der Waals surface area contributed by atoms with Crippen LogP contribution in [-0.2, 0) is 17.8 Å². The fraction of sp³-hybridized carbons (Fsp3) is 0.308. The second-order valence-corrected chi connectivity index (χ2v) is 8.93. The Kier molecular flexibility index (Phi) is 6.98. The smallest absolute Gasteiger partial charge is 0.128 e. The van der Waals surface area contributed by atoms with E-state index < -0.39 is 0 Å². The molecular weight excluding hydrogens is 441 g/mol. The van der Waals surface area contributed by atoms with Crippen LogP contribution in [0.3, 0.4) is 0 Å². The van der Waals surface area contributed by atoms with E-state index >= 15 is 4.39 Å². The van der Waals surface area contributed by atoms with Gasteiger partial charge in [-0.2, -0.15) is 0 Å². The Morgan fingerprint density at radius 2 is 1.73 bits per heavy atom. The molecule has 4 heteroatoms. The number of ether oxygens (including phenoxy) is 1. The van der Waals surface area contributed by atoms with Gasteiger partial charge >= 0.3 is 0 Å². The highest BCUT2D eigenvalue weighted by Crippen LogP contribution is 2.25. The molecule has 1 atom stereocenters. The predicted molar refractivity (Wildman–Crippen MR) is 124 cm³/mol. The number of nitrogens with zero attached hydrogens (tertiary/aromatic N) is 1. The molecule has 0 aliphatic carbocycles. The molecule has 0 saturated carbocycles. The van der Waals surface area contributed by atoms with Gasteiger partial charge in [-0.15, -0.1) is 0 Å². The van der Waals surface area contributed by atoms with Crippen LogP contribution in [0.2, 0.25) is 0 Å². The van der Waals surface area contributed by atoms with Crippen molar-refractivity contribution in [2.45, 2.75) is 39.0 Å². The molecule has 1 saturated heterocycles. The Labute approximate surface area is 186 Å². The zero-order valence-corrected chi connectivity index (χ0v) is 18.9. The van der Waals surface area contributed by atoms with Crippen LogP contribution in [0.1, 0.15) is 29.5 Å². The molecule has 0 spiro atoms. The van der Waals surface area contributed by atoms with Crippen molar-refractivity contribution in [3.05, 3.63) is 93.7 Å². The van der Waals surface area contributed by atoms with Crippen LogP contribution in [0.5, 0.6) is 0 Å². The first-order valence-electron chi connectivity index (χ1n) is 10.5. The van der Waals surface area contributed by atoms with Gasteiger partial charge in [0.05, 0.1) is 6.10 Å². The monoisotopic (exact) mass is 467 g/mol. The van der Waals surface area contributed by atoms with Crippen molar-refractivity contribution in [1.82, 2.24) is 4.90 Å². The van der Waals surface area contributed by atoms with Crippen LogP contribution in [0.15, 0.2) is 71.2 Å². The Balaban J connectivity index is 1.54. The summed E-state index contributed by atoms with van der Waals surface area (Å²) in [5, 5.41) is 0. The van der Waals surface area contributed by atoms with Gasteiger partial charge in [-0.25, -0.2) is 4.39 Å². The lowest BCUT2D eigenvalue weighted by Gasteiger charge is -2.26. The highest BCUT2D eigenvalue weighted by molar-refractivity contribution is 9.10. The van der Waals surface area contributed by atoms with E-state index in [0.717, 1.165) is 53.7 Å². The molecule has 1 aliphatic rings. The van der Waals surface area contributed by atoms with E-state index in [1.165, 1.54) is 11.1 Å². The van der Waals surface area contributed by atoms with E-state index in [1.54, 1.807) is 6.07 Å². The van der Waals surface area contributed by atoms with Crippen molar-refractivity contribution in [3.8, 4) is 11.1 Å². The molecule has 3 aromatic rings. The Hall–Kier alpha value is -2.01. The minimum Gasteiger partial charge on any atom is -0.377 e. The van der Waals surface area contributed by atoms with Crippen LogP contribution in [0.25, 0.3) is 11.1 Å². The molecule has 1 aliphatic heterocycles. The first-order chi connectivity index (χ1) is 14.6. The Morgan fingerprint density at radius 1 is 0.967 bits per heavy atom. The fourth-order valence-electron chi connectivity index (χ4n) is 4.01. The Morgan fingerprint density at radius 3 is 2.43 bits per heavy atom. The lowest BCUT2D eigenvalue weighted by molar-refractivity contribution is 0.0674. The molecule has 4 rings (SSSR count). The molecule has 2 nitrogen and oxygen atoms in total. The van der Waals surface area contributed by atoms with Gasteiger partial charge in [0.25, 0.3) is 0 Å². The molecule has 30 heavy (non-hydrogen) atoms. The van der Waals surface area contributed by atoms with Crippen LogP contribution in [-0.4, -0.2) is 24.2 Å². The first kappa shape index (κ1) is 21.2. The average molecular weight is 468 g/mol. The van der Waals surface area contributed by atoms with Crippen LogP contribution < -0.4 is 0 Å². The molecule has 156 valence electrons. The lowest BCUT2D eigenvalue weighted by Crippen LogP contribution is -2.32. The van der Waals surface area contributed by atoms with E-state index in [1.807, 2.05) is 42.5 Å². The van der Waals surface area contributed by atoms with Crippen molar-refractivity contribution >= 4 is 15.9 Å². The molecule has 0 aromatic heterocycles. The van der Waals surface area contributed by atoms with E-state index in [4.69, 9.17) is 4.74 Å². The van der Waals surface area contributed by atoms with E-state index in [2.05, 4.69) is 46.0 Å². The Bertz CT molecular complexity index is 986. The summed E-state index contributed by atoms with van der Waals surface area (Å²) in [4.78, 5) is 2.30. The normalized spacial score (nSPS) is 16.3. The molecule has 0 bridgehead atoms. The van der Waals surface area contributed by atoms with Crippen LogP contribution in [0.4, 0.5) is 4.39 Å². The molecule has 0 amide bonds. The standard InChI is InChI=1S/C26H27BrFNO/c1-19-9-10-22(25(27)14-19)16-29(18-24-8-5-13-30-24)17-23-12-11-21(15-26(23)28)20-6-3-2-4-7-20/h2-4,6-7,9-12,14-15,24H,5,8,13,16-18H2,1H3. The van der Waals surface area contributed by atoms with Gasteiger partial charge in [-0.3, -0.25) is 4.90 Å². The number of aryl methyl sites for hydroxylation is 1. The number of benzene rings is 3. The van der Waals surface area contributed by atoms with E-state index in [9.17, 15) is 0 Å². The molecule has 3 aromatic carbocycles. The van der Waals surface area contributed by atoms with Gasteiger partial charge in [0.1, 0.15) is 5.82 Å². The molecule has 1 unspecified atom stereocenters. The summed E-state index contributed by atoms with van der Waals surface area (Å²) >= 11 is 3.69. The maximum absolute atomic E-state index is 15.0. The highest BCUT2D eigenvalue weighted by Gasteiger charge is 2.21.